The van der Waals surface area contributed by atoms with Crippen molar-refractivity contribution in [2.24, 2.45) is 0 Å². The average molecular weight is 238 g/mol. The van der Waals surface area contributed by atoms with Gasteiger partial charge in [0.1, 0.15) is 0 Å². The summed E-state index contributed by atoms with van der Waals surface area (Å²) in [5, 5.41) is 0. The van der Waals surface area contributed by atoms with Crippen LogP contribution in [0, 0.1) is 0 Å². The highest BCUT2D eigenvalue weighted by Crippen LogP contribution is 2.29. The predicted octanol–water partition coefficient (Wildman–Crippen LogP) is 2.02. The topological polar surface area (TPSA) is 36.1 Å². The van der Waals surface area contributed by atoms with Gasteiger partial charge in [0.15, 0.2) is 5.78 Å². The number of carbonyl (C=O) groups is 1. The van der Waals surface area contributed by atoms with Crippen LogP contribution in [0.5, 0.6) is 0 Å². The third-order valence-electron chi connectivity index (χ3n) is 2.77. The molecule has 1 aliphatic heterocycles. The van der Waals surface area contributed by atoms with E-state index >= 15 is 0 Å². The molecular formula is C12H18N2OS. The van der Waals surface area contributed by atoms with Crippen LogP contribution in [-0.2, 0) is 0 Å². The SMILES string of the molecule is CC1(C)CN(CC(=O)c2ccc[nH]2)CCS1. The second kappa shape index (κ2) is 4.63. The van der Waals surface area contributed by atoms with Gasteiger partial charge >= 0.3 is 0 Å². The van der Waals surface area contributed by atoms with Crippen LogP contribution >= 0.6 is 11.8 Å². The largest absolute Gasteiger partial charge is 0.359 e. The van der Waals surface area contributed by atoms with Crippen LogP contribution in [0.1, 0.15) is 24.3 Å². The standard InChI is InChI=1S/C12H18N2OS/c1-12(2)9-14(6-7-16-12)8-11(15)10-4-3-5-13-10/h3-5,13H,6-9H2,1-2H3. The molecule has 1 aromatic heterocycles. The Bertz CT molecular complexity index is 359. The number of nitrogens with zero attached hydrogens (tertiary/aromatic N) is 1. The molecule has 1 saturated heterocycles. The molecule has 0 aromatic carbocycles. The first-order chi connectivity index (χ1) is 7.57. The summed E-state index contributed by atoms with van der Waals surface area (Å²) >= 11 is 1.99. The van der Waals surface area contributed by atoms with E-state index in [2.05, 4.69) is 23.7 Å². The molecule has 0 unspecified atom stereocenters. The Morgan fingerprint density at radius 3 is 3.06 bits per heavy atom. The minimum Gasteiger partial charge on any atom is -0.359 e. The van der Waals surface area contributed by atoms with Crippen LogP contribution in [0.15, 0.2) is 18.3 Å². The summed E-state index contributed by atoms with van der Waals surface area (Å²) in [6.45, 7) is 7.01. The van der Waals surface area contributed by atoms with Crippen molar-refractivity contribution in [2.45, 2.75) is 18.6 Å². The Balaban J connectivity index is 1.92. The van der Waals surface area contributed by atoms with Crippen molar-refractivity contribution in [3.05, 3.63) is 24.0 Å². The number of aromatic nitrogens is 1. The molecule has 0 saturated carbocycles. The lowest BCUT2D eigenvalue weighted by atomic mass is 10.1. The van der Waals surface area contributed by atoms with Crippen LogP contribution in [0.25, 0.3) is 0 Å². The zero-order chi connectivity index (χ0) is 11.6. The van der Waals surface area contributed by atoms with E-state index in [1.165, 1.54) is 0 Å². The van der Waals surface area contributed by atoms with Gasteiger partial charge in [-0.2, -0.15) is 11.8 Å². The van der Waals surface area contributed by atoms with E-state index in [9.17, 15) is 4.79 Å². The number of H-pyrrole nitrogens is 1. The van der Waals surface area contributed by atoms with E-state index in [0.717, 1.165) is 24.5 Å². The molecule has 4 heteroatoms. The molecule has 3 nitrogen and oxygen atoms in total. The number of carbonyl (C=O) groups excluding carboxylic acids is 1. The van der Waals surface area contributed by atoms with Gasteiger partial charge in [0.25, 0.3) is 0 Å². The maximum absolute atomic E-state index is 11.9. The Morgan fingerprint density at radius 1 is 1.62 bits per heavy atom. The first kappa shape index (κ1) is 11.7. The zero-order valence-electron chi connectivity index (χ0n) is 9.82. The summed E-state index contributed by atoms with van der Waals surface area (Å²) in [5.41, 5.74) is 0.719. The van der Waals surface area contributed by atoms with E-state index in [4.69, 9.17) is 0 Å². The Morgan fingerprint density at radius 2 is 2.44 bits per heavy atom. The molecule has 16 heavy (non-hydrogen) atoms. The highest BCUT2D eigenvalue weighted by molar-refractivity contribution is 8.00. The molecule has 1 fully saturated rings. The van der Waals surface area contributed by atoms with E-state index in [-0.39, 0.29) is 10.5 Å². The Kier molecular flexibility index (Phi) is 3.40. The number of nitrogens with one attached hydrogen (secondary N) is 1. The van der Waals surface area contributed by atoms with E-state index in [1.807, 2.05) is 23.9 Å². The predicted molar refractivity (Wildman–Crippen MR) is 68.1 cm³/mol. The molecule has 0 spiro atoms. The van der Waals surface area contributed by atoms with Crippen molar-refractivity contribution in [3.8, 4) is 0 Å². The van der Waals surface area contributed by atoms with Crippen molar-refractivity contribution in [3.63, 3.8) is 0 Å². The summed E-state index contributed by atoms with van der Waals surface area (Å²) in [6.07, 6.45) is 1.79. The fourth-order valence-corrected chi connectivity index (χ4v) is 3.22. The molecule has 0 radical (unpaired) electrons. The lowest BCUT2D eigenvalue weighted by Crippen LogP contribution is -2.45. The van der Waals surface area contributed by atoms with Crippen molar-refractivity contribution in [2.75, 3.05) is 25.4 Å². The van der Waals surface area contributed by atoms with Gasteiger partial charge < -0.3 is 4.98 Å². The van der Waals surface area contributed by atoms with Crippen LogP contribution in [0.3, 0.4) is 0 Å². The smallest absolute Gasteiger partial charge is 0.192 e. The number of hydrogen-bond donors (Lipinski definition) is 1. The maximum atomic E-state index is 11.9. The normalized spacial score (nSPS) is 20.9. The summed E-state index contributed by atoms with van der Waals surface area (Å²) in [7, 11) is 0. The first-order valence-electron chi connectivity index (χ1n) is 5.60. The molecule has 2 heterocycles. The van der Waals surface area contributed by atoms with Crippen molar-refractivity contribution >= 4 is 17.5 Å². The number of ketones is 1. The van der Waals surface area contributed by atoms with Crippen molar-refractivity contribution < 1.29 is 4.79 Å². The summed E-state index contributed by atoms with van der Waals surface area (Å²) in [5.74, 6) is 1.30. The molecule has 0 atom stereocenters. The molecule has 88 valence electrons. The average Bonchev–Trinajstić information content (AvgIpc) is 2.68. The van der Waals surface area contributed by atoms with Crippen LogP contribution in [-0.4, -0.2) is 45.8 Å². The molecule has 2 rings (SSSR count). The summed E-state index contributed by atoms with van der Waals surface area (Å²) < 4.78 is 0.272. The van der Waals surface area contributed by atoms with Crippen LogP contribution in [0.2, 0.25) is 0 Å². The van der Waals surface area contributed by atoms with E-state index in [1.54, 1.807) is 6.20 Å². The minimum atomic E-state index is 0.188. The third-order valence-corrected chi connectivity index (χ3v) is 4.07. The highest BCUT2D eigenvalue weighted by atomic mass is 32.2. The number of rotatable bonds is 3. The Labute approximate surface area is 101 Å². The van der Waals surface area contributed by atoms with Crippen molar-refractivity contribution in [1.29, 1.82) is 0 Å². The molecular weight excluding hydrogens is 220 g/mol. The Hall–Kier alpha value is -0.740. The van der Waals surface area contributed by atoms with Crippen molar-refractivity contribution in [1.82, 2.24) is 9.88 Å². The van der Waals surface area contributed by atoms with Gasteiger partial charge in [-0.15, -0.1) is 0 Å². The van der Waals surface area contributed by atoms with Crippen LogP contribution < -0.4 is 0 Å². The molecule has 1 N–H and O–H groups in total. The zero-order valence-corrected chi connectivity index (χ0v) is 10.6. The van der Waals surface area contributed by atoms with E-state index < -0.39 is 0 Å². The van der Waals surface area contributed by atoms with E-state index in [0.29, 0.717) is 6.54 Å². The van der Waals surface area contributed by atoms with Gasteiger partial charge in [-0.25, -0.2) is 0 Å². The monoisotopic (exact) mass is 238 g/mol. The van der Waals surface area contributed by atoms with Gasteiger partial charge in [-0.1, -0.05) is 0 Å². The number of aromatic amines is 1. The number of Topliss-reactive ketones (excluding diaryl/α,β-unsaturated/α-hetero) is 1. The molecule has 0 aliphatic carbocycles. The van der Waals surface area contributed by atoms with Gasteiger partial charge in [-0.3, -0.25) is 9.69 Å². The second-order valence-corrected chi connectivity index (χ2v) is 6.63. The molecule has 0 bridgehead atoms. The fraction of sp³-hybridized carbons (Fsp3) is 0.583. The van der Waals surface area contributed by atoms with Gasteiger partial charge in [0.2, 0.25) is 0 Å². The van der Waals surface area contributed by atoms with Gasteiger partial charge in [0, 0.05) is 29.8 Å². The highest BCUT2D eigenvalue weighted by Gasteiger charge is 2.28. The molecule has 0 amide bonds. The molecule has 1 aromatic rings. The summed E-state index contributed by atoms with van der Waals surface area (Å²) in [6, 6.07) is 3.70. The second-order valence-electron chi connectivity index (χ2n) is 4.83. The number of hydrogen-bond acceptors (Lipinski definition) is 3. The number of thioether (sulfide) groups is 1. The first-order valence-corrected chi connectivity index (χ1v) is 6.58. The lowest BCUT2D eigenvalue weighted by molar-refractivity contribution is 0.0923. The summed E-state index contributed by atoms with van der Waals surface area (Å²) in [4.78, 5) is 17.1. The van der Waals surface area contributed by atoms with Crippen LogP contribution in [0.4, 0.5) is 0 Å². The maximum Gasteiger partial charge on any atom is 0.192 e. The molecule has 1 aliphatic rings. The quantitative estimate of drug-likeness (QED) is 0.818. The van der Waals surface area contributed by atoms with Gasteiger partial charge in [-0.05, 0) is 26.0 Å². The van der Waals surface area contributed by atoms with Gasteiger partial charge in [0.05, 0.1) is 12.2 Å². The third kappa shape index (κ3) is 2.89. The minimum absolute atomic E-state index is 0.188. The fourth-order valence-electron chi connectivity index (χ4n) is 2.04. The lowest BCUT2D eigenvalue weighted by Gasteiger charge is -2.37.